The minimum atomic E-state index is -0.138. The molecule has 0 fully saturated rings. The Bertz CT molecular complexity index is 781. The average molecular weight is 368 g/mol. The standard InChI is InChI=1S/C15H18ClN5S2/c1-9(2)7-12(17)13-18-19-14-21(13)20-15(23-14)22-8-10-3-5-11(16)6-4-10/h3-6,9,12H,7-8,17H2,1-2H3/t12-/m0/s1. The first kappa shape index (κ1) is 16.7. The third-order valence-corrected chi connectivity index (χ3v) is 5.68. The Balaban J connectivity index is 1.73. The van der Waals surface area contributed by atoms with Crippen LogP contribution in [0.25, 0.3) is 4.96 Å². The lowest BCUT2D eigenvalue weighted by atomic mass is 10.0. The van der Waals surface area contributed by atoms with Crippen molar-refractivity contribution < 1.29 is 0 Å². The summed E-state index contributed by atoms with van der Waals surface area (Å²) in [5, 5.41) is 13.7. The van der Waals surface area contributed by atoms with Crippen LogP contribution in [0.2, 0.25) is 5.02 Å². The molecule has 0 aliphatic rings. The Labute approximate surface area is 148 Å². The number of fused-ring (bicyclic) bond motifs is 1. The van der Waals surface area contributed by atoms with Gasteiger partial charge in [0.25, 0.3) is 0 Å². The molecular weight excluding hydrogens is 350 g/mol. The molecule has 1 atom stereocenters. The average Bonchev–Trinajstić information content (AvgIpc) is 3.05. The normalized spacial score (nSPS) is 13.1. The Morgan fingerprint density at radius 1 is 1.26 bits per heavy atom. The third-order valence-electron chi connectivity index (χ3n) is 3.33. The van der Waals surface area contributed by atoms with Gasteiger partial charge in [-0.3, -0.25) is 0 Å². The molecule has 3 rings (SSSR count). The molecule has 2 heterocycles. The molecule has 5 nitrogen and oxygen atoms in total. The Hall–Kier alpha value is -1.15. The summed E-state index contributed by atoms with van der Waals surface area (Å²) in [5.41, 5.74) is 7.43. The van der Waals surface area contributed by atoms with Crippen LogP contribution in [0, 0.1) is 5.92 Å². The van der Waals surface area contributed by atoms with Crippen LogP contribution < -0.4 is 5.73 Å². The minimum absolute atomic E-state index is 0.138. The van der Waals surface area contributed by atoms with Crippen LogP contribution in [0.1, 0.15) is 37.7 Å². The number of rotatable bonds is 6. The molecule has 0 saturated heterocycles. The quantitative estimate of drug-likeness (QED) is 0.662. The van der Waals surface area contributed by atoms with Crippen molar-refractivity contribution in [1.29, 1.82) is 0 Å². The van der Waals surface area contributed by atoms with Crippen molar-refractivity contribution in [3.05, 3.63) is 40.7 Å². The zero-order valence-electron chi connectivity index (χ0n) is 12.9. The zero-order valence-corrected chi connectivity index (χ0v) is 15.3. The van der Waals surface area contributed by atoms with Crippen molar-refractivity contribution in [1.82, 2.24) is 19.8 Å². The molecule has 3 aromatic rings. The number of hydrogen-bond acceptors (Lipinski definition) is 6. The highest BCUT2D eigenvalue weighted by atomic mass is 35.5. The van der Waals surface area contributed by atoms with E-state index in [-0.39, 0.29) is 6.04 Å². The second-order valence-corrected chi connectivity index (χ2v) is 8.39. The molecule has 0 aliphatic heterocycles. The largest absolute Gasteiger partial charge is 0.321 e. The summed E-state index contributed by atoms with van der Waals surface area (Å²) >= 11 is 9.12. The van der Waals surface area contributed by atoms with Gasteiger partial charge >= 0.3 is 0 Å². The Morgan fingerprint density at radius 2 is 2.00 bits per heavy atom. The highest BCUT2D eigenvalue weighted by molar-refractivity contribution is 8.00. The molecule has 0 bridgehead atoms. The summed E-state index contributed by atoms with van der Waals surface area (Å²) < 4.78 is 2.74. The van der Waals surface area contributed by atoms with Crippen LogP contribution in [0.15, 0.2) is 28.6 Å². The molecule has 122 valence electrons. The molecule has 0 amide bonds. The molecule has 1 aromatic carbocycles. The van der Waals surface area contributed by atoms with E-state index in [0.717, 1.165) is 32.3 Å². The molecule has 0 saturated carbocycles. The van der Waals surface area contributed by atoms with Gasteiger partial charge in [-0.15, -0.1) is 15.3 Å². The van der Waals surface area contributed by atoms with Gasteiger partial charge in [0.1, 0.15) is 0 Å². The summed E-state index contributed by atoms with van der Waals surface area (Å²) in [6, 6.07) is 7.72. The van der Waals surface area contributed by atoms with Crippen molar-refractivity contribution in [2.75, 3.05) is 0 Å². The van der Waals surface area contributed by atoms with Gasteiger partial charge in [-0.05, 0) is 30.0 Å². The highest BCUT2D eigenvalue weighted by Crippen LogP contribution is 2.29. The van der Waals surface area contributed by atoms with E-state index in [1.54, 1.807) is 16.3 Å². The minimum Gasteiger partial charge on any atom is -0.321 e. The molecule has 23 heavy (non-hydrogen) atoms. The predicted octanol–water partition coefficient (Wildman–Crippen LogP) is 4.18. The van der Waals surface area contributed by atoms with E-state index in [0.29, 0.717) is 5.92 Å². The molecule has 2 N–H and O–H groups in total. The number of nitrogens with zero attached hydrogens (tertiary/aromatic N) is 4. The van der Waals surface area contributed by atoms with Gasteiger partial charge < -0.3 is 5.73 Å². The van der Waals surface area contributed by atoms with E-state index in [1.165, 1.54) is 16.9 Å². The van der Waals surface area contributed by atoms with E-state index in [9.17, 15) is 0 Å². The molecule has 8 heteroatoms. The second-order valence-electron chi connectivity index (χ2n) is 5.77. The third kappa shape index (κ3) is 4.03. The molecular formula is C15H18ClN5S2. The summed E-state index contributed by atoms with van der Waals surface area (Å²) in [4.78, 5) is 0.790. The van der Waals surface area contributed by atoms with Crippen LogP contribution in [-0.4, -0.2) is 19.8 Å². The van der Waals surface area contributed by atoms with Gasteiger partial charge in [0, 0.05) is 10.8 Å². The maximum Gasteiger partial charge on any atom is 0.235 e. The fourth-order valence-corrected chi connectivity index (χ4v) is 4.21. The first-order valence-electron chi connectivity index (χ1n) is 7.38. The van der Waals surface area contributed by atoms with Crippen molar-refractivity contribution in [3.8, 4) is 0 Å². The van der Waals surface area contributed by atoms with Crippen molar-refractivity contribution in [2.24, 2.45) is 11.7 Å². The lowest BCUT2D eigenvalue weighted by molar-refractivity contribution is 0.485. The Morgan fingerprint density at radius 3 is 2.70 bits per heavy atom. The molecule has 2 aromatic heterocycles. The lowest BCUT2D eigenvalue weighted by Gasteiger charge is -2.10. The van der Waals surface area contributed by atoms with Crippen LogP contribution in [-0.2, 0) is 5.75 Å². The van der Waals surface area contributed by atoms with Gasteiger partial charge in [-0.2, -0.15) is 4.52 Å². The predicted molar refractivity (Wildman–Crippen MR) is 96.1 cm³/mol. The summed E-state index contributed by atoms with van der Waals surface area (Å²) in [6.07, 6.45) is 0.867. The number of aromatic nitrogens is 4. The number of halogens is 1. The monoisotopic (exact) mass is 367 g/mol. The highest BCUT2D eigenvalue weighted by Gasteiger charge is 2.18. The van der Waals surface area contributed by atoms with Gasteiger partial charge in [0.15, 0.2) is 10.2 Å². The first-order chi connectivity index (χ1) is 11.0. The van der Waals surface area contributed by atoms with E-state index in [1.807, 2.05) is 24.3 Å². The van der Waals surface area contributed by atoms with Gasteiger partial charge in [0.2, 0.25) is 4.96 Å². The lowest BCUT2D eigenvalue weighted by Crippen LogP contribution is -2.16. The van der Waals surface area contributed by atoms with Crippen molar-refractivity contribution in [2.45, 2.75) is 36.4 Å². The van der Waals surface area contributed by atoms with E-state index in [2.05, 4.69) is 29.1 Å². The number of nitrogens with two attached hydrogens (primary N) is 1. The maximum absolute atomic E-state index is 6.22. The topological polar surface area (TPSA) is 69.1 Å². The second kappa shape index (κ2) is 7.17. The SMILES string of the molecule is CC(C)C[C@H](N)c1nnc2sc(SCc3ccc(Cl)cc3)nn12. The van der Waals surface area contributed by atoms with Crippen LogP contribution >= 0.6 is 34.7 Å². The molecule has 0 radical (unpaired) electrons. The Kier molecular flexibility index (Phi) is 5.21. The van der Waals surface area contributed by atoms with Gasteiger partial charge in [-0.1, -0.05) is 60.7 Å². The summed E-state index contributed by atoms with van der Waals surface area (Å²) in [7, 11) is 0. The molecule has 0 aliphatic carbocycles. The number of thioether (sulfide) groups is 1. The van der Waals surface area contributed by atoms with E-state index < -0.39 is 0 Å². The number of benzene rings is 1. The summed E-state index contributed by atoms with van der Waals surface area (Å²) in [6.45, 7) is 4.29. The van der Waals surface area contributed by atoms with Gasteiger partial charge in [-0.25, -0.2) is 0 Å². The number of hydrogen-bond donors (Lipinski definition) is 1. The smallest absolute Gasteiger partial charge is 0.235 e. The van der Waals surface area contributed by atoms with Crippen molar-refractivity contribution in [3.63, 3.8) is 0 Å². The van der Waals surface area contributed by atoms with Crippen molar-refractivity contribution >= 4 is 39.7 Å². The summed E-state index contributed by atoms with van der Waals surface area (Å²) in [5.74, 6) is 2.09. The van der Waals surface area contributed by atoms with E-state index in [4.69, 9.17) is 17.3 Å². The molecule has 0 spiro atoms. The van der Waals surface area contributed by atoms with E-state index >= 15 is 0 Å². The zero-order chi connectivity index (χ0) is 16.4. The van der Waals surface area contributed by atoms with Crippen LogP contribution in [0.4, 0.5) is 0 Å². The maximum atomic E-state index is 6.22. The fourth-order valence-electron chi connectivity index (χ4n) is 2.24. The first-order valence-corrected chi connectivity index (χ1v) is 9.56. The van der Waals surface area contributed by atoms with Crippen LogP contribution in [0.5, 0.6) is 0 Å². The molecule has 0 unspecified atom stereocenters. The van der Waals surface area contributed by atoms with Gasteiger partial charge in [0.05, 0.1) is 6.04 Å². The van der Waals surface area contributed by atoms with Crippen LogP contribution in [0.3, 0.4) is 0 Å². The fraction of sp³-hybridized carbons (Fsp3) is 0.400.